The second kappa shape index (κ2) is 11.6. The zero-order chi connectivity index (χ0) is 27.3. The standard InChI is InChI=1S/C30H33N3O4S/c1-30(2,3)24-12-8-5-9-21(24)19-32-29(38)31-18-20-13-14-25(26(17-20)36-4)37-16-15-33-27(34)22-10-6-7-11-23(22)28(33)35/h5-14,17H,15-16,18-19H2,1-4H3,(H2,31,32,38). The Morgan fingerprint density at radius 3 is 2.16 bits per heavy atom. The molecule has 0 aliphatic carbocycles. The van der Waals surface area contributed by atoms with Gasteiger partial charge in [0.15, 0.2) is 16.6 Å². The molecule has 0 spiro atoms. The van der Waals surface area contributed by atoms with Gasteiger partial charge in [0, 0.05) is 13.1 Å². The summed E-state index contributed by atoms with van der Waals surface area (Å²) in [5.41, 5.74) is 4.38. The number of nitrogens with zero attached hydrogens (tertiary/aromatic N) is 1. The van der Waals surface area contributed by atoms with Crippen LogP contribution in [-0.2, 0) is 18.5 Å². The van der Waals surface area contributed by atoms with Gasteiger partial charge in [-0.15, -0.1) is 0 Å². The molecule has 0 atom stereocenters. The van der Waals surface area contributed by atoms with E-state index in [2.05, 4.69) is 49.6 Å². The number of carbonyl (C=O) groups is 2. The molecule has 2 amide bonds. The van der Waals surface area contributed by atoms with Crippen LogP contribution in [0.2, 0.25) is 0 Å². The van der Waals surface area contributed by atoms with Crippen molar-refractivity contribution >= 4 is 29.1 Å². The van der Waals surface area contributed by atoms with E-state index in [4.69, 9.17) is 21.7 Å². The number of methoxy groups -OCH3 is 1. The van der Waals surface area contributed by atoms with Crippen molar-refractivity contribution in [2.24, 2.45) is 0 Å². The molecule has 0 fully saturated rings. The van der Waals surface area contributed by atoms with Crippen LogP contribution in [-0.4, -0.2) is 42.1 Å². The topological polar surface area (TPSA) is 79.9 Å². The van der Waals surface area contributed by atoms with Gasteiger partial charge in [-0.1, -0.05) is 63.2 Å². The summed E-state index contributed by atoms with van der Waals surface area (Å²) in [4.78, 5) is 26.3. The Kier molecular flexibility index (Phi) is 8.32. The number of amides is 2. The molecule has 0 saturated heterocycles. The Balaban J connectivity index is 1.28. The Bertz CT molecular complexity index is 1310. The van der Waals surface area contributed by atoms with Crippen molar-refractivity contribution < 1.29 is 19.1 Å². The van der Waals surface area contributed by atoms with Crippen molar-refractivity contribution in [1.29, 1.82) is 0 Å². The number of carbonyl (C=O) groups excluding carboxylic acids is 2. The molecule has 0 radical (unpaired) electrons. The van der Waals surface area contributed by atoms with Crippen LogP contribution in [0.15, 0.2) is 66.7 Å². The summed E-state index contributed by atoms with van der Waals surface area (Å²) in [5, 5.41) is 7.10. The summed E-state index contributed by atoms with van der Waals surface area (Å²) >= 11 is 5.49. The Labute approximate surface area is 229 Å². The minimum Gasteiger partial charge on any atom is -0.493 e. The van der Waals surface area contributed by atoms with E-state index in [9.17, 15) is 9.59 Å². The molecule has 3 aromatic carbocycles. The Hall–Kier alpha value is -3.91. The largest absolute Gasteiger partial charge is 0.493 e. The summed E-state index contributed by atoms with van der Waals surface area (Å²) in [6.07, 6.45) is 0. The van der Waals surface area contributed by atoms with Crippen LogP contribution < -0.4 is 20.1 Å². The number of benzene rings is 3. The van der Waals surface area contributed by atoms with Crippen molar-refractivity contribution in [3.63, 3.8) is 0 Å². The third kappa shape index (κ3) is 6.14. The maximum Gasteiger partial charge on any atom is 0.261 e. The number of thiocarbonyl (C=S) groups is 1. The lowest BCUT2D eigenvalue weighted by Gasteiger charge is -2.23. The van der Waals surface area contributed by atoms with Gasteiger partial charge in [0.05, 0.1) is 24.8 Å². The fraction of sp³-hybridized carbons (Fsp3) is 0.300. The van der Waals surface area contributed by atoms with Crippen LogP contribution in [0.5, 0.6) is 11.5 Å². The molecular weight excluding hydrogens is 498 g/mol. The number of fused-ring (bicyclic) bond motifs is 1. The molecule has 38 heavy (non-hydrogen) atoms. The van der Waals surface area contributed by atoms with E-state index in [0.717, 1.165) is 5.56 Å². The summed E-state index contributed by atoms with van der Waals surface area (Å²) in [7, 11) is 1.57. The third-order valence-electron chi connectivity index (χ3n) is 6.40. The van der Waals surface area contributed by atoms with Gasteiger partial charge in [-0.2, -0.15) is 0 Å². The number of rotatable bonds is 9. The van der Waals surface area contributed by atoms with Gasteiger partial charge < -0.3 is 20.1 Å². The first-order chi connectivity index (χ1) is 18.2. The van der Waals surface area contributed by atoms with Gasteiger partial charge in [0.2, 0.25) is 0 Å². The molecule has 1 heterocycles. The second-order valence-electron chi connectivity index (χ2n) is 10.1. The molecule has 0 saturated carbocycles. The maximum absolute atomic E-state index is 12.5. The van der Waals surface area contributed by atoms with Crippen LogP contribution in [0.1, 0.15) is 58.2 Å². The molecule has 2 N–H and O–H groups in total. The van der Waals surface area contributed by atoms with Gasteiger partial charge in [-0.3, -0.25) is 14.5 Å². The van der Waals surface area contributed by atoms with Crippen LogP contribution in [0.4, 0.5) is 0 Å². The Morgan fingerprint density at radius 2 is 1.50 bits per heavy atom. The van der Waals surface area contributed by atoms with Crippen molar-refractivity contribution in [2.75, 3.05) is 20.3 Å². The summed E-state index contributed by atoms with van der Waals surface area (Å²) in [6.45, 7) is 8.07. The fourth-order valence-corrected chi connectivity index (χ4v) is 4.60. The van der Waals surface area contributed by atoms with Crippen LogP contribution in [0, 0.1) is 0 Å². The molecule has 1 aliphatic rings. The lowest BCUT2D eigenvalue weighted by molar-refractivity contribution is 0.0631. The smallest absolute Gasteiger partial charge is 0.261 e. The average Bonchev–Trinajstić information content (AvgIpc) is 3.15. The minimum absolute atomic E-state index is 0.0538. The highest BCUT2D eigenvalue weighted by atomic mass is 32.1. The van der Waals surface area contributed by atoms with E-state index >= 15 is 0 Å². The Morgan fingerprint density at radius 1 is 0.868 bits per heavy atom. The van der Waals surface area contributed by atoms with Crippen LogP contribution in [0.25, 0.3) is 0 Å². The molecule has 3 aromatic rings. The van der Waals surface area contributed by atoms with Gasteiger partial charge in [-0.25, -0.2) is 0 Å². The molecule has 4 rings (SSSR count). The van der Waals surface area contributed by atoms with Crippen molar-refractivity contribution in [3.8, 4) is 11.5 Å². The molecule has 1 aliphatic heterocycles. The lowest BCUT2D eigenvalue weighted by Crippen LogP contribution is -2.35. The predicted molar refractivity (Wildman–Crippen MR) is 152 cm³/mol. The molecule has 8 heteroatoms. The number of imide groups is 1. The zero-order valence-corrected chi connectivity index (χ0v) is 23.0. The van der Waals surface area contributed by atoms with Gasteiger partial charge in [0.25, 0.3) is 11.8 Å². The van der Waals surface area contributed by atoms with Crippen molar-refractivity contribution in [3.05, 3.63) is 94.5 Å². The lowest BCUT2D eigenvalue weighted by atomic mass is 9.84. The first kappa shape index (κ1) is 27.1. The zero-order valence-electron chi connectivity index (χ0n) is 22.2. The maximum atomic E-state index is 12.5. The van der Waals surface area contributed by atoms with Crippen molar-refractivity contribution in [2.45, 2.75) is 39.3 Å². The highest BCUT2D eigenvalue weighted by Crippen LogP contribution is 2.29. The highest BCUT2D eigenvalue weighted by molar-refractivity contribution is 7.80. The number of ether oxygens (including phenoxy) is 2. The summed E-state index contributed by atoms with van der Waals surface area (Å²) in [6, 6.07) is 20.8. The highest BCUT2D eigenvalue weighted by Gasteiger charge is 2.34. The molecule has 0 bridgehead atoms. The van der Waals surface area contributed by atoms with E-state index in [-0.39, 0.29) is 30.4 Å². The summed E-state index contributed by atoms with van der Waals surface area (Å²) in [5.74, 6) is 0.500. The van der Waals surface area contributed by atoms with Crippen LogP contribution in [0.3, 0.4) is 0 Å². The molecule has 7 nitrogen and oxygen atoms in total. The third-order valence-corrected chi connectivity index (χ3v) is 6.69. The average molecular weight is 532 g/mol. The molecule has 0 aromatic heterocycles. The van der Waals surface area contributed by atoms with E-state index in [1.54, 1.807) is 31.4 Å². The van der Waals surface area contributed by atoms with E-state index in [1.807, 2.05) is 24.3 Å². The van der Waals surface area contributed by atoms with E-state index < -0.39 is 0 Å². The molecule has 198 valence electrons. The number of hydrogen-bond donors (Lipinski definition) is 2. The van der Waals surface area contributed by atoms with Gasteiger partial charge in [0.1, 0.15) is 6.61 Å². The molecular formula is C30H33N3O4S. The van der Waals surface area contributed by atoms with Crippen LogP contribution >= 0.6 is 12.2 Å². The second-order valence-corrected chi connectivity index (χ2v) is 10.5. The first-order valence-electron chi connectivity index (χ1n) is 12.5. The van der Waals surface area contributed by atoms with Crippen molar-refractivity contribution in [1.82, 2.24) is 15.5 Å². The number of nitrogens with one attached hydrogen (secondary N) is 2. The molecule has 0 unspecified atom stereocenters. The SMILES string of the molecule is COc1cc(CNC(=S)NCc2ccccc2C(C)(C)C)ccc1OCCN1C(=O)c2ccccc2C1=O. The first-order valence-corrected chi connectivity index (χ1v) is 12.9. The quantitative estimate of drug-likeness (QED) is 0.302. The number of hydrogen-bond acceptors (Lipinski definition) is 5. The van der Waals surface area contributed by atoms with E-state index in [0.29, 0.717) is 40.8 Å². The minimum atomic E-state index is -0.297. The van der Waals surface area contributed by atoms with E-state index in [1.165, 1.54) is 16.0 Å². The van der Waals surface area contributed by atoms with Gasteiger partial charge in [-0.05, 0) is 58.6 Å². The predicted octanol–water partition coefficient (Wildman–Crippen LogP) is 4.83. The normalized spacial score (nSPS) is 12.8. The fourth-order valence-electron chi connectivity index (χ4n) is 4.46. The summed E-state index contributed by atoms with van der Waals surface area (Å²) < 4.78 is 11.4. The van der Waals surface area contributed by atoms with Gasteiger partial charge >= 0.3 is 0 Å². The monoisotopic (exact) mass is 531 g/mol.